The highest BCUT2D eigenvalue weighted by atomic mass is 16.5. The maximum atomic E-state index is 6.01. The highest BCUT2D eigenvalue weighted by molar-refractivity contribution is 5.29. The van der Waals surface area contributed by atoms with Gasteiger partial charge in [0, 0.05) is 17.8 Å². The Morgan fingerprint density at radius 1 is 0.935 bits per heavy atom. The van der Waals surface area contributed by atoms with Crippen LogP contribution in [0, 0.1) is 5.92 Å². The summed E-state index contributed by atoms with van der Waals surface area (Å²) in [6.07, 6.45) is 17.9. The third-order valence-electron chi connectivity index (χ3n) is 7.14. The molecule has 0 aliphatic heterocycles. The molecule has 3 rings (SSSR count). The van der Waals surface area contributed by atoms with Crippen LogP contribution in [0.15, 0.2) is 48.7 Å². The van der Waals surface area contributed by atoms with E-state index in [0.717, 1.165) is 18.3 Å². The molecule has 0 amide bonds. The van der Waals surface area contributed by atoms with Crippen molar-refractivity contribution in [2.45, 2.75) is 103 Å². The van der Waals surface area contributed by atoms with Crippen molar-refractivity contribution in [1.82, 2.24) is 4.98 Å². The van der Waals surface area contributed by atoms with Crippen LogP contribution in [0.2, 0.25) is 0 Å². The number of hydrogen-bond acceptors (Lipinski definition) is 2. The molecule has 170 valence electrons. The fraction of sp³-hybridized carbons (Fsp3) is 0.621. The van der Waals surface area contributed by atoms with Crippen molar-refractivity contribution in [1.29, 1.82) is 0 Å². The monoisotopic (exact) mass is 421 g/mol. The predicted molar refractivity (Wildman–Crippen MR) is 132 cm³/mol. The van der Waals surface area contributed by atoms with Gasteiger partial charge >= 0.3 is 0 Å². The molecule has 2 unspecified atom stereocenters. The zero-order chi connectivity index (χ0) is 21.7. The van der Waals surface area contributed by atoms with Crippen LogP contribution in [0.4, 0.5) is 0 Å². The Balaban J connectivity index is 1.37. The van der Waals surface area contributed by atoms with Gasteiger partial charge in [0.05, 0.1) is 6.61 Å². The minimum absolute atomic E-state index is 0.563. The summed E-state index contributed by atoms with van der Waals surface area (Å²) >= 11 is 0. The van der Waals surface area contributed by atoms with Crippen LogP contribution in [0.1, 0.15) is 114 Å². The second-order valence-electron chi connectivity index (χ2n) is 9.64. The summed E-state index contributed by atoms with van der Waals surface area (Å²) in [6, 6.07) is 15.2. The summed E-state index contributed by atoms with van der Waals surface area (Å²) in [5.41, 5.74) is 2.67. The van der Waals surface area contributed by atoms with Crippen molar-refractivity contribution in [2.24, 2.45) is 5.92 Å². The Kier molecular flexibility index (Phi) is 10.4. The molecule has 0 saturated heterocycles. The van der Waals surface area contributed by atoms with Gasteiger partial charge in [-0.2, -0.15) is 0 Å². The van der Waals surface area contributed by atoms with E-state index < -0.39 is 0 Å². The van der Waals surface area contributed by atoms with Crippen molar-refractivity contribution in [3.63, 3.8) is 0 Å². The predicted octanol–water partition coefficient (Wildman–Crippen LogP) is 8.68. The molecule has 1 aliphatic carbocycles. The van der Waals surface area contributed by atoms with E-state index in [1.807, 2.05) is 12.3 Å². The first-order valence-corrected chi connectivity index (χ1v) is 12.9. The fourth-order valence-corrected chi connectivity index (χ4v) is 5.12. The van der Waals surface area contributed by atoms with Gasteiger partial charge in [-0.3, -0.25) is 4.98 Å². The number of pyridine rings is 1. The zero-order valence-electron chi connectivity index (χ0n) is 19.9. The van der Waals surface area contributed by atoms with Crippen LogP contribution in [-0.4, -0.2) is 11.6 Å². The van der Waals surface area contributed by atoms with E-state index in [0.29, 0.717) is 11.8 Å². The third-order valence-corrected chi connectivity index (χ3v) is 7.14. The number of benzene rings is 1. The molecule has 0 bridgehead atoms. The molecular formula is C29H43NO. The van der Waals surface area contributed by atoms with Gasteiger partial charge in [-0.1, -0.05) is 77.0 Å². The Labute approximate surface area is 190 Å². The summed E-state index contributed by atoms with van der Waals surface area (Å²) in [4.78, 5) is 4.61. The SMILES string of the molecule is CCCC(CCC(C)c1ccc(OCCCCC2CCCCC2)cc1)c1ccccn1. The van der Waals surface area contributed by atoms with E-state index in [2.05, 4.69) is 55.2 Å². The lowest BCUT2D eigenvalue weighted by atomic mass is 9.86. The topological polar surface area (TPSA) is 22.1 Å². The van der Waals surface area contributed by atoms with E-state index in [1.54, 1.807) is 0 Å². The maximum Gasteiger partial charge on any atom is 0.119 e. The average molecular weight is 422 g/mol. The summed E-state index contributed by atoms with van der Waals surface area (Å²) in [5, 5.41) is 0. The third kappa shape index (κ3) is 8.31. The minimum Gasteiger partial charge on any atom is -0.494 e. The van der Waals surface area contributed by atoms with E-state index in [9.17, 15) is 0 Å². The number of unbranched alkanes of at least 4 members (excludes halogenated alkanes) is 1. The standard InChI is InChI=1S/C29H43NO/c1-3-11-27(29-15-7-9-22-30-29)17-16-24(2)26-18-20-28(21-19-26)31-23-10-8-14-25-12-5-4-6-13-25/h7,9,15,18-22,24-25,27H,3-6,8,10-14,16-17,23H2,1-2H3. The molecule has 1 fully saturated rings. The van der Waals surface area contributed by atoms with Crippen LogP contribution < -0.4 is 4.74 Å². The molecule has 1 aromatic carbocycles. The zero-order valence-corrected chi connectivity index (χ0v) is 19.9. The summed E-state index contributed by atoms with van der Waals surface area (Å²) in [6.45, 7) is 5.47. The van der Waals surface area contributed by atoms with Crippen molar-refractivity contribution >= 4 is 0 Å². The summed E-state index contributed by atoms with van der Waals surface area (Å²) in [5.74, 6) is 3.15. The molecule has 1 aromatic heterocycles. The van der Waals surface area contributed by atoms with Gasteiger partial charge in [0.15, 0.2) is 0 Å². The van der Waals surface area contributed by atoms with E-state index in [1.165, 1.54) is 88.3 Å². The van der Waals surface area contributed by atoms with Crippen molar-refractivity contribution in [2.75, 3.05) is 6.61 Å². The molecule has 1 heterocycles. The molecule has 0 N–H and O–H groups in total. The highest BCUT2D eigenvalue weighted by Crippen LogP contribution is 2.31. The molecule has 1 saturated carbocycles. The quantitative estimate of drug-likeness (QED) is 0.302. The number of hydrogen-bond donors (Lipinski definition) is 0. The Hall–Kier alpha value is -1.83. The molecule has 1 aliphatic rings. The van der Waals surface area contributed by atoms with E-state index in [4.69, 9.17) is 4.74 Å². The van der Waals surface area contributed by atoms with Gasteiger partial charge in [-0.25, -0.2) is 0 Å². The van der Waals surface area contributed by atoms with Crippen LogP contribution >= 0.6 is 0 Å². The van der Waals surface area contributed by atoms with Gasteiger partial charge in [0.25, 0.3) is 0 Å². The lowest BCUT2D eigenvalue weighted by molar-refractivity contribution is 0.283. The van der Waals surface area contributed by atoms with E-state index in [-0.39, 0.29) is 0 Å². The molecule has 31 heavy (non-hydrogen) atoms. The van der Waals surface area contributed by atoms with Gasteiger partial charge in [-0.15, -0.1) is 0 Å². The molecule has 2 nitrogen and oxygen atoms in total. The van der Waals surface area contributed by atoms with Crippen molar-refractivity contribution in [3.05, 3.63) is 59.9 Å². The van der Waals surface area contributed by atoms with Crippen LogP contribution in [0.25, 0.3) is 0 Å². The van der Waals surface area contributed by atoms with Gasteiger partial charge < -0.3 is 4.74 Å². The van der Waals surface area contributed by atoms with Gasteiger partial charge in [0.1, 0.15) is 5.75 Å². The Bertz CT molecular complexity index is 705. The first-order chi connectivity index (χ1) is 15.3. The minimum atomic E-state index is 0.563. The largest absolute Gasteiger partial charge is 0.494 e. The molecule has 0 radical (unpaired) electrons. The second-order valence-corrected chi connectivity index (χ2v) is 9.64. The maximum absolute atomic E-state index is 6.01. The summed E-state index contributed by atoms with van der Waals surface area (Å²) < 4.78 is 6.01. The molecule has 2 atom stereocenters. The lowest BCUT2D eigenvalue weighted by Gasteiger charge is -2.21. The van der Waals surface area contributed by atoms with Crippen molar-refractivity contribution in [3.8, 4) is 5.75 Å². The molecular weight excluding hydrogens is 378 g/mol. The lowest BCUT2D eigenvalue weighted by Crippen LogP contribution is -2.07. The fourth-order valence-electron chi connectivity index (χ4n) is 5.12. The normalized spacial score (nSPS) is 16.7. The number of aromatic nitrogens is 1. The van der Waals surface area contributed by atoms with Crippen LogP contribution in [0.3, 0.4) is 0 Å². The second kappa shape index (κ2) is 13.6. The van der Waals surface area contributed by atoms with Gasteiger partial charge in [0.2, 0.25) is 0 Å². The Morgan fingerprint density at radius 2 is 1.74 bits per heavy atom. The highest BCUT2D eigenvalue weighted by Gasteiger charge is 2.15. The molecule has 2 heteroatoms. The Morgan fingerprint density at radius 3 is 2.45 bits per heavy atom. The van der Waals surface area contributed by atoms with Gasteiger partial charge in [-0.05, 0) is 73.8 Å². The smallest absolute Gasteiger partial charge is 0.119 e. The first kappa shape index (κ1) is 23.8. The number of rotatable bonds is 13. The first-order valence-electron chi connectivity index (χ1n) is 12.9. The molecule has 0 spiro atoms. The van der Waals surface area contributed by atoms with Crippen LogP contribution in [-0.2, 0) is 0 Å². The summed E-state index contributed by atoms with van der Waals surface area (Å²) in [7, 11) is 0. The van der Waals surface area contributed by atoms with Crippen LogP contribution in [0.5, 0.6) is 5.75 Å². The average Bonchev–Trinajstić information content (AvgIpc) is 2.83. The number of ether oxygens (including phenoxy) is 1. The van der Waals surface area contributed by atoms with E-state index >= 15 is 0 Å². The number of nitrogens with zero attached hydrogens (tertiary/aromatic N) is 1. The molecule has 2 aromatic rings. The van der Waals surface area contributed by atoms with Crippen molar-refractivity contribution < 1.29 is 4.74 Å².